The molecule has 2 rings (SSSR count). The topological polar surface area (TPSA) is 50.9 Å². The molecule has 0 bridgehead atoms. The van der Waals surface area contributed by atoms with Crippen LogP contribution >= 0.6 is 11.3 Å². The van der Waals surface area contributed by atoms with Gasteiger partial charge in [-0.25, -0.2) is 4.98 Å². The number of benzene rings is 1. The summed E-state index contributed by atoms with van der Waals surface area (Å²) in [6, 6.07) is 10.8. The minimum Gasteiger partial charge on any atom is -0.330 e. The lowest BCUT2D eigenvalue weighted by atomic mass is 9.99. The van der Waals surface area contributed by atoms with Gasteiger partial charge in [0.1, 0.15) is 0 Å². The van der Waals surface area contributed by atoms with Gasteiger partial charge in [-0.3, -0.25) is 0 Å². The first kappa shape index (κ1) is 15.2. The number of aryl methyl sites for hydroxylation is 2. The van der Waals surface area contributed by atoms with Gasteiger partial charge in [0.05, 0.1) is 10.7 Å². The van der Waals surface area contributed by atoms with E-state index in [0.29, 0.717) is 18.5 Å². The van der Waals surface area contributed by atoms with Gasteiger partial charge in [0, 0.05) is 29.9 Å². The van der Waals surface area contributed by atoms with E-state index in [0.717, 1.165) is 17.2 Å². The van der Waals surface area contributed by atoms with E-state index in [2.05, 4.69) is 55.3 Å². The summed E-state index contributed by atoms with van der Waals surface area (Å²) in [5.74, 6) is 0.355. The summed E-state index contributed by atoms with van der Waals surface area (Å²) in [5, 5.41) is 4.72. The van der Waals surface area contributed by atoms with Crippen LogP contribution in [0.4, 0.5) is 0 Å². The molecule has 20 heavy (non-hydrogen) atoms. The average Bonchev–Trinajstić information content (AvgIpc) is 2.79. The highest BCUT2D eigenvalue weighted by Gasteiger charge is 2.15. The van der Waals surface area contributed by atoms with Crippen LogP contribution in [0.15, 0.2) is 30.3 Å². The van der Waals surface area contributed by atoms with Crippen LogP contribution in [-0.4, -0.2) is 18.1 Å². The van der Waals surface area contributed by atoms with Gasteiger partial charge in [0.25, 0.3) is 0 Å². The maximum atomic E-state index is 5.91. The molecule has 0 fully saturated rings. The zero-order chi connectivity index (χ0) is 14.5. The Morgan fingerprint density at radius 1 is 1.25 bits per heavy atom. The molecule has 4 heteroatoms. The lowest BCUT2D eigenvalue weighted by Gasteiger charge is -2.19. The number of nitrogens with zero attached hydrogens (tertiary/aromatic N) is 1. The standard InChI is InChI=1S/C16H23N3S/c1-11(16-12(2)19-13(3)20-16)18-10-15(9-17)14-7-5-4-6-8-14/h4-8,11,15,18H,9-10,17H2,1-3H3. The van der Waals surface area contributed by atoms with Crippen LogP contribution in [0.3, 0.4) is 0 Å². The fraction of sp³-hybridized carbons (Fsp3) is 0.438. The van der Waals surface area contributed by atoms with Crippen molar-refractivity contribution in [2.75, 3.05) is 13.1 Å². The average molecular weight is 289 g/mol. The Labute approximate surface area is 125 Å². The van der Waals surface area contributed by atoms with E-state index in [1.165, 1.54) is 10.4 Å². The summed E-state index contributed by atoms with van der Waals surface area (Å²) in [5.41, 5.74) is 8.35. The predicted octanol–water partition coefficient (Wildman–Crippen LogP) is 3.15. The van der Waals surface area contributed by atoms with Crippen LogP contribution in [0, 0.1) is 13.8 Å². The van der Waals surface area contributed by atoms with Gasteiger partial charge in [-0.2, -0.15) is 0 Å². The van der Waals surface area contributed by atoms with Crippen molar-refractivity contribution >= 4 is 11.3 Å². The van der Waals surface area contributed by atoms with Crippen molar-refractivity contribution in [3.8, 4) is 0 Å². The van der Waals surface area contributed by atoms with Crippen LogP contribution in [0.25, 0.3) is 0 Å². The van der Waals surface area contributed by atoms with E-state index in [1.54, 1.807) is 11.3 Å². The van der Waals surface area contributed by atoms with Crippen molar-refractivity contribution in [3.63, 3.8) is 0 Å². The minimum absolute atomic E-state index is 0.318. The SMILES string of the molecule is Cc1nc(C)c(C(C)NCC(CN)c2ccccc2)s1. The molecule has 0 saturated carbocycles. The summed E-state index contributed by atoms with van der Waals surface area (Å²) in [6.07, 6.45) is 0. The van der Waals surface area contributed by atoms with Crippen molar-refractivity contribution in [2.45, 2.75) is 32.7 Å². The summed E-state index contributed by atoms with van der Waals surface area (Å²) < 4.78 is 0. The fourth-order valence-corrected chi connectivity index (χ4v) is 3.38. The Hall–Kier alpha value is -1.23. The highest BCUT2D eigenvalue weighted by atomic mass is 32.1. The second-order valence-electron chi connectivity index (χ2n) is 5.16. The number of hydrogen-bond donors (Lipinski definition) is 2. The molecule has 0 aliphatic carbocycles. The molecule has 3 nitrogen and oxygen atoms in total. The molecule has 1 aromatic carbocycles. The third kappa shape index (κ3) is 3.66. The zero-order valence-corrected chi connectivity index (χ0v) is 13.2. The van der Waals surface area contributed by atoms with Crippen LogP contribution in [-0.2, 0) is 0 Å². The van der Waals surface area contributed by atoms with E-state index < -0.39 is 0 Å². The molecule has 0 amide bonds. The largest absolute Gasteiger partial charge is 0.330 e. The highest BCUT2D eigenvalue weighted by molar-refractivity contribution is 7.11. The summed E-state index contributed by atoms with van der Waals surface area (Å²) in [6.45, 7) is 7.87. The molecule has 108 valence electrons. The number of nitrogens with two attached hydrogens (primary N) is 1. The second kappa shape index (κ2) is 6.97. The van der Waals surface area contributed by atoms with Crippen molar-refractivity contribution in [3.05, 3.63) is 51.5 Å². The lowest BCUT2D eigenvalue weighted by Crippen LogP contribution is -2.28. The summed E-state index contributed by atoms with van der Waals surface area (Å²) >= 11 is 1.77. The normalized spacial score (nSPS) is 14.2. The van der Waals surface area contributed by atoms with Crippen LogP contribution in [0.1, 0.15) is 40.0 Å². The van der Waals surface area contributed by atoms with Crippen LogP contribution in [0.5, 0.6) is 0 Å². The maximum absolute atomic E-state index is 5.91. The second-order valence-corrected chi connectivity index (χ2v) is 6.39. The van der Waals surface area contributed by atoms with E-state index in [-0.39, 0.29) is 0 Å². The predicted molar refractivity (Wildman–Crippen MR) is 86.2 cm³/mol. The van der Waals surface area contributed by atoms with E-state index >= 15 is 0 Å². The first-order valence-electron chi connectivity index (χ1n) is 7.04. The Bertz CT molecular complexity index is 536. The van der Waals surface area contributed by atoms with Gasteiger partial charge in [0.15, 0.2) is 0 Å². The van der Waals surface area contributed by atoms with Crippen molar-refractivity contribution < 1.29 is 0 Å². The Morgan fingerprint density at radius 2 is 1.95 bits per heavy atom. The molecule has 0 aliphatic rings. The van der Waals surface area contributed by atoms with E-state index in [1.807, 2.05) is 6.07 Å². The molecule has 0 spiro atoms. The molecule has 2 aromatic rings. The van der Waals surface area contributed by atoms with E-state index in [4.69, 9.17) is 5.73 Å². The Balaban J connectivity index is 1.98. The number of hydrogen-bond acceptors (Lipinski definition) is 4. The number of rotatable bonds is 6. The molecular weight excluding hydrogens is 266 g/mol. The third-order valence-electron chi connectivity index (χ3n) is 3.56. The van der Waals surface area contributed by atoms with Crippen molar-refractivity contribution in [2.24, 2.45) is 5.73 Å². The first-order chi connectivity index (χ1) is 9.61. The van der Waals surface area contributed by atoms with Gasteiger partial charge in [-0.15, -0.1) is 11.3 Å². The van der Waals surface area contributed by atoms with Gasteiger partial charge >= 0.3 is 0 Å². The molecule has 3 N–H and O–H groups in total. The number of nitrogens with one attached hydrogen (secondary N) is 1. The molecule has 2 unspecified atom stereocenters. The molecule has 0 aliphatic heterocycles. The molecular formula is C16H23N3S. The summed E-state index contributed by atoms with van der Waals surface area (Å²) in [7, 11) is 0. The van der Waals surface area contributed by atoms with Gasteiger partial charge < -0.3 is 11.1 Å². The quantitative estimate of drug-likeness (QED) is 0.859. The molecule has 2 atom stereocenters. The van der Waals surface area contributed by atoms with Crippen LogP contribution in [0.2, 0.25) is 0 Å². The van der Waals surface area contributed by atoms with Gasteiger partial charge in [0.2, 0.25) is 0 Å². The minimum atomic E-state index is 0.318. The molecule has 1 aromatic heterocycles. The third-order valence-corrected chi connectivity index (χ3v) is 4.81. The van der Waals surface area contributed by atoms with Gasteiger partial charge in [-0.05, 0) is 26.3 Å². The maximum Gasteiger partial charge on any atom is 0.0900 e. The monoisotopic (exact) mass is 289 g/mol. The number of thiazole rings is 1. The summed E-state index contributed by atoms with van der Waals surface area (Å²) in [4.78, 5) is 5.82. The first-order valence-corrected chi connectivity index (χ1v) is 7.85. The van der Waals surface area contributed by atoms with E-state index in [9.17, 15) is 0 Å². The Kier molecular flexibility index (Phi) is 5.29. The zero-order valence-electron chi connectivity index (χ0n) is 12.4. The fourth-order valence-electron chi connectivity index (χ4n) is 2.42. The Morgan fingerprint density at radius 3 is 2.50 bits per heavy atom. The smallest absolute Gasteiger partial charge is 0.0900 e. The van der Waals surface area contributed by atoms with Crippen molar-refractivity contribution in [1.29, 1.82) is 0 Å². The highest BCUT2D eigenvalue weighted by Crippen LogP contribution is 2.25. The lowest BCUT2D eigenvalue weighted by molar-refractivity contribution is 0.526. The van der Waals surface area contributed by atoms with Crippen LogP contribution < -0.4 is 11.1 Å². The molecule has 0 saturated heterocycles. The van der Waals surface area contributed by atoms with Gasteiger partial charge in [-0.1, -0.05) is 30.3 Å². The number of aromatic nitrogens is 1. The van der Waals surface area contributed by atoms with Crippen molar-refractivity contribution in [1.82, 2.24) is 10.3 Å². The molecule has 0 radical (unpaired) electrons. The molecule has 1 heterocycles.